The summed E-state index contributed by atoms with van der Waals surface area (Å²) in [5.41, 5.74) is 0. The molecular formula is C17H23NO2S. The smallest absolute Gasteiger partial charge is 0.223 e. The molecule has 1 fully saturated rings. The maximum atomic E-state index is 12.1. The Labute approximate surface area is 130 Å². The largest absolute Gasteiger partial charge is 0.395 e. The standard InChI is InChI=1S/C17H23NO2S/c1-13-5-7-14(8-6-13)17(20)18-12-16-10-9-15(21-16)4-2-3-11-19/h9-10,13-14,19H,3,5-8,11-12H2,1H3,(H,18,20). The lowest BCUT2D eigenvalue weighted by Crippen LogP contribution is -2.32. The van der Waals surface area contributed by atoms with E-state index in [9.17, 15) is 4.79 Å². The van der Waals surface area contributed by atoms with Crippen LogP contribution in [0.4, 0.5) is 0 Å². The summed E-state index contributed by atoms with van der Waals surface area (Å²) >= 11 is 1.60. The summed E-state index contributed by atoms with van der Waals surface area (Å²) in [6.45, 7) is 2.96. The van der Waals surface area contributed by atoms with Gasteiger partial charge in [-0.15, -0.1) is 11.3 Å². The normalized spacial score (nSPS) is 21.4. The first kappa shape index (κ1) is 16.1. The average Bonchev–Trinajstić information content (AvgIpc) is 2.94. The minimum Gasteiger partial charge on any atom is -0.395 e. The van der Waals surface area contributed by atoms with Gasteiger partial charge < -0.3 is 10.4 Å². The number of nitrogens with one attached hydrogen (secondary N) is 1. The van der Waals surface area contributed by atoms with E-state index in [1.807, 2.05) is 12.1 Å². The fraction of sp³-hybridized carbons (Fsp3) is 0.588. The molecule has 0 atom stereocenters. The molecule has 0 aliphatic heterocycles. The molecule has 0 spiro atoms. The number of thiophene rings is 1. The van der Waals surface area contributed by atoms with Crippen LogP contribution >= 0.6 is 11.3 Å². The molecule has 1 saturated carbocycles. The van der Waals surface area contributed by atoms with Gasteiger partial charge in [-0.05, 0) is 43.7 Å². The Hall–Kier alpha value is -1.31. The Bertz CT molecular complexity index is 518. The van der Waals surface area contributed by atoms with Crippen molar-refractivity contribution in [2.45, 2.75) is 45.6 Å². The van der Waals surface area contributed by atoms with Crippen LogP contribution in [0.25, 0.3) is 0 Å². The zero-order valence-electron chi connectivity index (χ0n) is 12.5. The van der Waals surface area contributed by atoms with Gasteiger partial charge in [0.05, 0.1) is 18.0 Å². The molecule has 1 aromatic rings. The van der Waals surface area contributed by atoms with Gasteiger partial charge >= 0.3 is 0 Å². The number of carbonyl (C=O) groups excluding carboxylic acids is 1. The summed E-state index contributed by atoms with van der Waals surface area (Å²) in [7, 11) is 0. The van der Waals surface area contributed by atoms with Gasteiger partial charge in [0, 0.05) is 17.2 Å². The van der Waals surface area contributed by atoms with E-state index in [-0.39, 0.29) is 18.4 Å². The van der Waals surface area contributed by atoms with Gasteiger partial charge in [0.1, 0.15) is 0 Å². The summed E-state index contributed by atoms with van der Waals surface area (Å²) in [5.74, 6) is 7.09. The quantitative estimate of drug-likeness (QED) is 0.840. The van der Waals surface area contributed by atoms with Crippen LogP contribution in [0.1, 0.15) is 48.8 Å². The Morgan fingerprint density at radius 1 is 1.38 bits per heavy atom. The van der Waals surface area contributed by atoms with Gasteiger partial charge in [0.15, 0.2) is 0 Å². The number of carbonyl (C=O) groups is 1. The van der Waals surface area contributed by atoms with Crippen molar-refractivity contribution in [1.29, 1.82) is 0 Å². The molecule has 0 bridgehead atoms. The van der Waals surface area contributed by atoms with Gasteiger partial charge in [-0.1, -0.05) is 18.8 Å². The van der Waals surface area contributed by atoms with Crippen molar-refractivity contribution in [3.8, 4) is 11.8 Å². The van der Waals surface area contributed by atoms with E-state index in [1.54, 1.807) is 11.3 Å². The highest BCUT2D eigenvalue weighted by Gasteiger charge is 2.23. The van der Waals surface area contributed by atoms with Gasteiger partial charge in [0.25, 0.3) is 0 Å². The molecule has 1 amide bonds. The predicted molar refractivity (Wildman–Crippen MR) is 85.9 cm³/mol. The predicted octanol–water partition coefficient (Wildman–Crippen LogP) is 2.92. The van der Waals surface area contributed by atoms with E-state index in [0.717, 1.165) is 28.5 Å². The summed E-state index contributed by atoms with van der Waals surface area (Å²) in [5, 5.41) is 11.7. The molecule has 2 rings (SSSR count). The number of aliphatic hydroxyl groups excluding tert-OH is 1. The van der Waals surface area contributed by atoms with Crippen LogP contribution in [0.5, 0.6) is 0 Å². The maximum absolute atomic E-state index is 12.1. The minimum absolute atomic E-state index is 0.0985. The van der Waals surface area contributed by atoms with Crippen molar-refractivity contribution in [2.24, 2.45) is 11.8 Å². The molecule has 0 unspecified atom stereocenters. The summed E-state index contributed by atoms with van der Waals surface area (Å²) in [4.78, 5) is 14.2. The highest BCUT2D eigenvalue weighted by Crippen LogP contribution is 2.28. The SMILES string of the molecule is CC1CCC(C(=O)NCc2ccc(C#CCCO)s2)CC1. The van der Waals surface area contributed by atoms with Crippen molar-refractivity contribution in [1.82, 2.24) is 5.32 Å². The maximum Gasteiger partial charge on any atom is 0.223 e. The number of hydrogen-bond donors (Lipinski definition) is 2. The summed E-state index contributed by atoms with van der Waals surface area (Å²) in [6.07, 6.45) is 4.89. The van der Waals surface area contributed by atoms with Crippen LogP contribution in [-0.2, 0) is 11.3 Å². The highest BCUT2D eigenvalue weighted by molar-refractivity contribution is 7.12. The molecule has 0 radical (unpaired) electrons. The molecule has 1 heterocycles. The molecule has 1 aromatic heterocycles. The van der Waals surface area contributed by atoms with Crippen LogP contribution < -0.4 is 5.32 Å². The van der Waals surface area contributed by atoms with Gasteiger partial charge in [-0.25, -0.2) is 0 Å². The van der Waals surface area contributed by atoms with Gasteiger partial charge in [-0.2, -0.15) is 0 Å². The molecule has 1 aliphatic rings. The molecule has 3 nitrogen and oxygen atoms in total. The van der Waals surface area contributed by atoms with Crippen molar-refractivity contribution in [2.75, 3.05) is 6.61 Å². The fourth-order valence-corrected chi connectivity index (χ4v) is 3.41. The molecule has 21 heavy (non-hydrogen) atoms. The van der Waals surface area contributed by atoms with Crippen LogP contribution in [-0.4, -0.2) is 17.6 Å². The molecule has 4 heteroatoms. The third-order valence-electron chi connectivity index (χ3n) is 3.93. The molecular weight excluding hydrogens is 282 g/mol. The van der Waals surface area contributed by atoms with Crippen LogP contribution in [0.2, 0.25) is 0 Å². The average molecular weight is 305 g/mol. The Morgan fingerprint density at radius 2 is 2.14 bits per heavy atom. The number of amides is 1. The van der Waals surface area contributed by atoms with Crippen molar-refractivity contribution >= 4 is 17.2 Å². The first-order chi connectivity index (χ1) is 10.2. The first-order valence-electron chi connectivity index (χ1n) is 7.65. The van der Waals surface area contributed by atoms with Crippen molar-refractivity contribution in [3.05, 3.63) is 21.9 Å². The Morgan fingerprint density at radius 3 is 2.86 bits per heavy atom. The second-order valence-corrected chi connectivity index (χ2v) is 6.88. The lowest BCUT2D eigenvalue weighted by Gasteiger charge is -2.25. The van der Waals surface area contributed by atoms with E-state index in [4.69, 9.17) is 5.11 Å². The molecule has 114 valence electrons. The third-order valence-corrected chi connectivity index (χ3v) is 4.93. The molecule has 0 saturated heterocycles. The molecule has 0 aromatic carbocycles. The Kier molecular flexibility index (Phi) is 6.28. The molecule has 1 aliphatic carbocycles. The van der Waals surface area contributed by atoms with Crippen molar-refractivity contribution < 1.29 is 9.90 Å². The lowest BCUT2D eigenvalue weighted by atomic mass is 9.82. The number of aliphatic hydroxyl groups is 1. The van der Waals surface area contributed by atoms with E-state index in [1.165, 1.54) is 12.8 Å². The Balaban J connectivity index is 1.78. The van der Waals surface area contributed by atoms with Crippen LogP contribution in [0, 0.1) is 23.7 Å². The zero-order valence-corrected chi connectivity index (χ0v) is 13.3. The monoisotopic (exact) mass is 305 g/mol. The second-order valence-electron chi connectivity index (χ2n) is 5.72. The van der Waals surface area contributed by atoms with Crippen LogP contribution in [0.3, 0.4) is 0 Å². The highest BCUT2D eigenvalue weighted by atomic mass is 32.1. The van der Waals surface area contributed by atoms with Crippen LogP contribution in [0.15, 0.2) is 12.1 Å². The minimum atomic E-state index is 0.0985. The number of rotatable bonds is 4. The lowest BCUT2D eigenvalue weighted by molar-refractivity contribution is -0.126. The fourth-order valence-electron chi connectivity index (χ4n) is 2.59. The second kappa shape index (κ2) is 8.21. The van der Waals surface area contributed by atoms with E-state index in [0.29, 0.717) is 13.0 Å². The van der Waals surface area contributed by atoms with E-state index < -0.39 is 0 Å². The molecule has 2 N–H and O–H groups in total. The summed E-state index contributed by atoms with van der Waals surface area (Å²) < 4.78 is 0. The third kappa shape index (κ3) is 5.18. The summed E-state index contributed by atoms with van der Waals surface area (Å²) in [6, 6.07) is 3.98. The van der Waals surface area contributed by atoms with Gasteiger partial charge in [-0.3, -0.25) is 4.79 Å². The van der Waals surface area contributed by atoms with E-state index >= 15 is 0 Å². The first-order valence-corrected chi connectivity index (χ1v) is 8.47. The number of hydrogen-bond acceptors (Lipinski definition) is 3. The van der Waals surface area contributed by atoms with E-state index in [2.05, 4.69) is 24.1 Å². The zero-order chi connectivity index (χ0) is 15.1. The van der Waals surface area contributed by atoms with Gasteiger partial charge in [0.2, 0.25) is 5.91 Å². The van der Waals surface area contributed by atoms with Crippen molar-refractivity contribution in [3.63, 3.8) is 0 Å². The topological polar surface area (TPSA) is 49.3 Å².